The Kier molecular flexibility index (Phi) is 6.32. The molecule has 0 heterocycles. The average molecular weight is 351 g/mol. The van der Waals surface area contributed by atoms with Gasteiger partial charge >= 0.3 is 0 Å². The zero-order valence-electron chi connectivity index (χ0n) is 15.6. The topological polar surface area (TPSA) is 40.5 Å². The monoisotopic (exact) mass is 351 g/mol. The Morgan fingerprint density at radius 2 is 1.65 bits per heavy atom. The molecule has 138 valence electrons. The van der Waals surface area contributed by atoms with Gasteiger partial charge in [0.1, 0.15) is 5.75 Å². The highest BCUT2D eigenvalue weighted by atomic mass is 16.3. The Morgan fingerprint density at radius 1 is 1.00 bits per heavy atom. The molecule has 1 N–H and O–H groups in total. The van der Waals surface area contributed by atoms with E-state index in [4.69, 9.17) is 0 Å². The molecule has 0 bridgehead atoms. The van der Waals surface area contributed by atoms with Gasteiger partial charge in [0.05, 0.1) is 0 Å². The molecule has 0 unspecified atom stereocenters. The van der Waals surface area contributed by atoms with Crippen LogP contribution in [0.2, 0.25) is 0 Å². The van der Waals surface area contributed by atoms with Crippen molar-refractivity contribution in [1.82, 2.24) is 4.90 Å². The van der Waals surface area contributed by atoms with Gasteiger partial charge in [0, 0.05) is 19.5 Å². The summed E-state index contributed by atoms with van der Waals surface area (Å²) in [6.07, 6.45) is 6.39. The van der Waals surface area contributed by atoms with Crippen LogP contribution in [-0.4, -0.2) is 28.5 Å². The highest BCUT2D eigenvalue weighted by Crippen LogP contribution is 2.35. The summed E-state index contributed by atoms with van der Waals surface area (Å²) in [4.78, 5) is 14.3. The number of aromatic hydroxyl groups is 1. The van der Waals surface area contributed by atoms with Gasteiger partial charge in [-0.25, -0.2) is 0 Å². The number of nitrogens with zero attached hydrogens (tertiary/aromatic N) is 1. The van der Waals surface area contributed by atoms with E-state index in [0.29, 0.717) is 17.7 Å². The minimum absolute atomic E-state index is 0.200. The number of carbonyl (C=O) groups excluding carboxylic acids is 1. The summed E-state index contributed by atoms with van der Waals surface area (Å²) in [5.74, 6) is 1.07. The second-order valence-electron chi connectivity index (χ2n) is 7.40. The SMILES string of the molecule is CC(=O)N(CCCc1ccccc1)C1CCC(c2ccc(O)cc2)CC1. The third-order valence-electron chi connectivity index (χ3n) is 5.61. The fourth-order valence-corrected chi connectivity index (χ4v) is 4.16. The molecule has 3 nitrogen and oxygen atoms in total. The third kappa shape index (κ3) is 4.87. The molecule has 1 aliphatic rings. The molecular formula is C23H29NO2. The number of carbonyl (C=O) groups is 1. The number of phenols is 1. The number of phenolic OH excluding ortho intramolecular Hbond substituents is 1. The minimum atomic E-state index is 0.200. The molecule has 1 amide bonds. The fraction of sp³-hybridized carbons (Fsp3) is 0.435. The Balaban J connectivity index is 1.51. The van der Waals surface area contributed by atoms with Crippen molar-refractivity contribution in [2.24, 2.45) is 0 Å². The van der Waals surface area contributed by atoms with Crippen LogP contribution in [0.15, 0.2) is 54.6 Å². The van der Waals surface area contributed by atoms with Gasteiger partial charge in [-0.1, -0.05) is 42.5 Å². The van der Waals surface area contributed by atoms with E-state index in [1.807, 2.05) is 18.2 Å². The first kappa shape index (κ1) is 18.5. The van der Waals surface area contributed by atoms with Crippen molar-refractivity contribution in [3.8, 4) is 5.75 Å². The van der Waals surface area contributed by atoms with Crippen molar-refractivity contribution < 1.29 is 9.90 Å². The second-order valence-corrected chi connectivity index (χ2v) is 7.40. The van der Waals surface area contributed by atoms with Crippen LogP contribution in [-0.2, 0) is 11.2 Å². The van der Waals surface area contributed by atoms with Crippen molar-refractivity contribution in [2.75, 3.05) is 6.54 Å². The molecule has 0 spiro atoms. The van der Waals surface area contributed by atoms with Gasteiger partial charge in [-0.05, 0) is 67.7 Å². The van der Waals surface area contributed by atoms with E-state index in [-0.39, 0.29) is 5.91 Å². The fourth-order valence-electron chi connectivity index (χ4n) is 4.16. The number of aryl methyl sites for hydroxylation is 1. The Bertz CT molecular complexity index is 688. The number of benzene rings is 2. The van der Waals surface area contributed by atoms with Crippen molar-refractivity contribution >= 4 is 5.91 Å². The molecule has 2 aromatic carbocycles. The molecule has 3 heteroatoms. The van der Waals surface area contributed by atoms with Crippen molar-refractivity contribution in [2.45, 2.75) is 57.4 Å². The van der Waals surface area contributed by atoms with Crippen LogP contribution in [0, 0.1) is 0 Å². The van der Waals surface area contributed by atoms with Gasteiger partial charge < -0.3 is 10.0 Å². The molecule has 2 aromatic rings. The van der Waals surface area contributed by atoms with Crippen LogP contribution in [0.1, 0.15) is 56.1 Å². The van der Waals surface area contributed by atoms with Gasteiger partial charge in [0.15, 0.2) is 0 Å². The second kappa shape index (κ2) is 8.88. The molecule has 0 aromatic heterocycles. The largest absolute Gasteiger partial charge is 0.508 e. The van der Waals surface area contributed by atoms with Crippen LogP contribution < -0.4 is 0 Å². The first-order valence-corrected chi connectivity index (χ1v) is 9.73. The molecular weight excluding hydrogens is 322 g/mol. The molecule has 26 heavy (non-hydrogen) atoms. The standard InChI is InChI=1S/C23H29NO2/c1-18(25)24(17-5-8-19-6-3-2-4-7-19)22-13-9-20(10-14-22)21-11-15-23(26)16-12-21/h2-4,6-7,11-12,15-16,20,22,26H,5,8-10,13-14,17H2,1H3. The lowest BCUT2D eigenvalue weighted by molar-refractivity contribution is -0.131. The van der Waals surface area contributed by atoms with E-state index in [1.54, 1.807) is 19.1 Å². The summed E-state index contributed by atoms with van der Waals surface area (Å²) in [5.41, 5.74) is 2.65. The van der Waals surface area contributed by atoms with Crippen LogP contribution in [0.4, 0.5) is 0 Å². The van der Waals surface area contributed by atoms with E-state index in [1.165, 1.54) is 11.1 Å². The van der Waals surface area contributed by atoms with E-state index in [2.05, 4.69) is 29.2 Å². The Labute approximate surface area is 156 Å². The molecule has 1 fully saturated rings. The molecule has 1 saturated carbocycles. The molecule has 0 aliphatic heterocycles. The Morgan fingerprint density at radius 3 is 2.27 bits per heavy atom. The maximum Gasteiger partial charge on any atom is 0.219 e. The zero-order chi connectivity index (χ0) is 18.4. The predicted octanol–water partition coefficient (Wildman–Crippen LogP) is 4.90. The summed E-state index contributed by atoms with van der Waals surface area (Å²) in [5, 5.41) is 9.45. The number of amides is 1. The van der Waals surface area contributed by atoms with Gasteiger partial charge in [0.25, 0.3) is 0 Å². The predicted molar refractivity (Wildman–Crippen MR) is 105 cm³/mol. The quantitative estimate of drug-likeness (QED) is 0.804. The summed E-state index contributed by atoms with van der Waals surface area (Å²) < 4.78 is 0. The highest BCUT2D eigenvalue weighted by molar-refractivity contribution is 5.73. The number of rotatable bonds is 6. The van der Waals surface area contributed by atoms with E-state index < -0.39 is 0 Å². The van der Waals surface area contributed by atoms with E-state index in [0.717, 1.165) is 45.1 Å². The number of hydrogen-bond donors (Lipinski definition) is 1. The lowest BCUT2D eigenvalue weighted by Gasteiger charge is -2.36. The first-order chi connectivity index (χ1) is 12.6. The molecule has 1 aliphatic carbocycles. The van der Waals surface area contributed by atoms with Gasteiger partial charge in [-0.3, -0.25) is 4.79 Å². The smallest absolute Gasteiger partial charge is 0.219 e. The normalized spacial score (nSPS) is 19.9. The molecule has 3 rings (SSSR count). The van der Waals surface area contributed by atoms with Crippen LogP contribution >= 0.6 is 0 Å². The third-order valence-corrected chi connectivity index (χ3v) is 5.61. The molecule has 0 radical (unpaired) electrons. The lowest BCUT2D eigenvalue weighted by Crippen LogP contribution is -2.41. The van der Waals surface area contributed by atoms with E-state index >= 15 is 0 Å². The summed E-state index contributed by atoms with van der Waals surface area (Å²) in [6, 6.07) is 18.5. The lowest BCUT2D eigenvalue weighted by atomic mass is 9.81. The summed E-state index contributed by atoms with van der Waals surface area (Å²) >= 11 is 0. The summed E-state index contributed by atoms with van der Waals surface area (Å²) in [7, 11) is 0. The van der Waals surface area contributed by atoms with Crippen LogP contribution in [0.5, 0.6) is 5.75 Å². The van der Waals surface area contributed by atoms with Gasteiger partial charge in [-0.15, -0.1) is 0 Å². The molecule has 0 saturated heterocycles. The van der Waals surface area contributed by atoms with Gasteiger partial charge in [-0.2, -0.15) is 0 Å². The van der Waals surface area contributed by atoms with Crippen molar-refractivity contribution in [3.63, 3.8) is 0 Å². The van der Waals surface area contributed by atoms with E-state index in [9.17, 15) is 9.90 Å². The zero-order valence-corrected chi connectivity index (χ0v) is 15.6. The minimum Gasteiger partial charge on any atom is -0.508 e. The number of hydrogen-bond acceptors (Lipinski definition) is 2. The molecule has 0 atom stereocenters. The van der Waals surface area contributed by atoms with Crippen molar-refractivity contribution in [3.05, 3.63) is 65.7 Å². The summed E-state index contributed by atoms with van der Waals surface area (Å²) in [6.45, 7) is 2.55. The Hall–Kier alpha value is -2.29. The maximum absolute atomic E-state index is 12.2. The average Bonchev–Trinajstić information content (AvgIpc) is 2.67. The van der Waals surface area contributed by atoms with Crippen LogP contribution in [0.3, 0.4) is 0 Å². The highest BCUT2D eigenvalue weighted by Gasteiger charge is 2.27. The van der Waals surface area contributed by atoms with Crippen LogP contribution in [0.25, 0.3) is 0 Å². The maximum atomic E-state index is 12.2. The van der Waals surface area contributed by atoms with Crippen molar-refractivity contribution in [1.29, 1.82) is 0 Å². The van der Waals surface area contributed by atoms with Gasteiger partial charge in [0.2, 0.25) is 5.91 Å². The first-order valence-electron chi connectivity index (χ1n) is 9.73.